The van der Waals surface area contributed by atoms with E-state index < -0.39 is 0 Å². The largest absolute Gasteiger partial charge is 0.497 e. The fourth-order valence-corrected chi connectivity index (χ4v) is 3.00. The number of fused-ring (bicyclic) bond motifs is 1. The van der Waals surface area contributed by atoms with Gasteiger partial charge in [-0.05, 0) is 37.1 Å². The maximum Gasteiger partial charge on any atom is 0.224 e. The predicted octanol–water partition coefficient (Wildman–Crippen LogP) is 3.66. The highest BCUT2D eigenvalue weighted by molar-refractivity contribution is 5.88. The summed E-state index contributed by atoms with van der Waals surface area (Å²) in [5.41, 5.74) is 3.85. The summed E-state index contributed by atoms with van der Waals surface area (Å²) in [5, 5.41) is 3.90. The average Bonchev–Trinajstić information content (AvgIpc) is 3.03. The first-order chi connectivity index (χ1) is 12.6. The third-order valence-electron chi connectivity index (χ3n) is 4.37. The standard InChI is InChI=1S/C21H23NO4/c1-14-4-7-19(25-3)15(10-14)8-9-22-21(23)11-16-13-26-20-12-17(24-2)5-6-18(16)20/h4-7,10,12-13H,8-9,11H2,1-3H3,(H,22,23). The number of hydrogen-bond acceptors (Lipinski definition) is 4. The third kappa shape index (κ3) is 3.99. The minimum Gasteiger partial charge on any atom is -0.497 e. The second-order valence-electron chi connectivity index (χ2n) is 6.22. The lowest BCUT2D eigenvalue weighted by Crippen LogP contribution is -2.27. The molecule has 0 fully saturated rings. The zero-order valence-corrected chi connectivity index (χ0v) is 15.3. The number of amides is 1. The highest BCUT2D eigenvalue weighted by Gasteiger charge is 2.11. The van der Waals surface area contributed by atoms with Gasteiger partial charge in [-0.25, -0.2) is 0 Å². The molecule has 0 radical (unpaired) electrons. The van der Waals surface area contributed by atoms with E-state index in [4.69, 9.17) is 13.9 Å². The van der Waals surface area contributed by atoms with Crippen LogP contribution in [0.3, 0.4) is 0 Å². The van der Waals surface area contributed by atoms with E-state index in [2.05, 4.69) is 11.4 Å². The van der Waals surface area contributed by atoms with Crippen molar-refractivity contribution in [1.82, 2.24) is 5.32 Å². The van der Waals surface area contributed by atoms with E-state index in [0.29, 0.717) is 6.54 Å². The Balaban J connectivity index is 1.59. The number of nitrogens with one attached hydrogen (secondary N) is 1. The normalized spacial score (nSPS) is 10.7. The van der Waals surface area contributed by atoms with Crippen LogP contribution in [0.4, 0.5) is 0 Å². The van der Waals surface area contributed by atoms with Crippen LogP contribution in [0.25, 0.3) is 11.0 Å². The molecule has 0 aliphatic carbocycles. The summed E-state index contributed by atoms with van der Waals surface area (Å²) < 4.78 is 16.1. The summed E-state index contributed by atoms with van der Waals surface area (Å²) in [5.74, 6) is 1.55. The molecule has 0 spiro atoms. The van der Waals surface area contributed by atoms with Crippen LogP contribution in [0, 0.1) is 6.92 Å². The van der Waals surface area contributed by atoms with Gasteiger partial charge in [-0.1, -0.05) is 17.7 Å². The molecule has 0 saturated carbocycles. The molecule has 136 valence electrons. The monoisotopic (exact) mass is 353 g/mol. The summed E-state index contributed by atoms with van der Waals surface area (Å²) in [4.78, 5) is 12.3. The van der Waals surface area contributed by atoms with E-state index in [1.165, 1.54) is 5.56 Å². The molecule has 0 aliphatic rings. The van der Waals surface area contributed by atoms with Crippen molar-refractivity contribution >= 4 is 16.9 Å². The van der Waals surface area contributed by atoms with Gasteiger partial charge in [0.1, 0.15) is 17.1 Å². The van der Waals surface area contributed by atoms with Crippen molar-refractivity contribution < 1.29 is 18.7 Å². The van der Waals surface area contributed by atoms with E-state index >= 15 is 0 Å². The average molecular weight is 353 g/mol. The van der Waals surface area contributed by atoms with Crippen molar-refractivity contribution in [3.8, 4) is 11.5 Å². The SMILES string of the molecule is COc1ccc2c(CC(=O)NCCc3cc(C)ccc3OC)coc2c1. The lowest BCUT2D eigenvalue weighted by molar-refractivity contribution is -0.120. The van der Waals surface area contributed by atoms with Crippen LogP contribution in [0.2, 0.25) is 0 Å². The molecule has 5 nitrogen and oxygen atoms in total. The number of rotatable bonds is 7. The predicted molar refractivity (Wildman–Crippen MR) is 101 cm³/mol. The highest BCUT2D eigenvalue weighted by atomic mass is 16.5. The van der Waals surface area contributed by atoms with Gasteiger partial charge in [-0.2, -0.15) is 0 Å². The van der Waals surface area contributed by atoms with Gasteiger partial charge in [0.25, 0.3) is 0 Å². The molecular weight excluding hydrogens is 330 g/mol. The summed E-state index contributed by atoms with van der Waals surface area (Å²) in [7, 11) is 3.27. The number of benzene rings is 2. The maximum absolute atomic E-state index is 12.3. The molecule has 2 aromatic carbocycles. The zero-order valence-electron chi connectivity index (χ0n) is 15.3. The van der Waals surface area contributed by atoms with E-state index in [1.54, 1.807) is 20.5 Å². The van der Waals surface area contributed by atoms with Crippen LogP contribution in [0.1, 0.15) is 16.7 Å². The van der Waals surface area contributed by atoms with E-state index in [9.17, 15) is 4.79 Å². The number of carbonyl (C=O) groups excluding carboxylic acids is 1. The minimum atomic E-state index is -0.0323. The van der Waals surface area contributed by atoms with Crippen molar-refractivity contribution in [3.63, 3.8) is 0 Å². The molecule has 3 aromatic rings. The van der Waals surface area contributed by atoms with Gasteiger partial charge >= 0.3 is 0 Å². The number of ether oxygens (including phenoxy) is 2. The van der Waals surface area contributed by atoms with Crippen LogP contribution in [0.15, 0.2) is 47.1 Å². The molecule has 26 heavy (non-hydrogen) atoms. The fourth-order valence-electron chi connectivity index (χ4n) is 3.00. The fraction of sp³-hybridized carbons (Fsp3) is 0.286. The molecule has 0 saturated heterocycles. The van der Waals surface area contributed by atoms with Crippen LogP contribution in [0.5, 0.6) is 11.5 Å². The Morgan fingerprint density at radius 1 is 1.08 bits per heavy atom. The summed E-state index contributed by atoms with van der Waals surface area (Å²) in [6.07, 6.45) is 2.64. The van der Waals surface area contributed by atoms with Crippen molar-refractivity contribution in [2.24, 2.45) is 0 Å². The molecular formula is C21H23NO4. The third-order valence-corrected chi connectivity index (χ3v) is 4.37. The first-order valence-corrected chi connectivity index (χ1v) is 8.55. The molecule has 0 unspecified atom stereocenters. The lowest BCUT2D eigenvalue weighted by Gasteiger charge is -2.10. The Morgan fingerprint density at radius 3 is 2.69 bits per heavy atom. The summed E-state index contributed by atoms with van der Waals surface area (Å²) in [6, 6.07) is 11.7. The molecule has 0 aliphatic heterocycles. The van der Waals surface area contributed by atoms with Gasteiger partial charge in [0.05, 0.1) is 26.9 Å². The van der Waals surface area contributed by atoms with E-state index in [1.807, 2.05) is 37.3 Å². The highest BCUT2D eigenvalue weighted by Crippen LogP contribution is 2.26. The molecule has 1 N–H and O–H groups in total. The first-order valence-electron chi connectivity index (χ1n) is 8.55. The van der Waals surface area contributed by atoms with Crippen LogP contribution < -0.4 is 14.8 Å². The van der Waals surface area contributed by atoms with Crippen molar-refractivity contribution in [1.29, 1.82) is 0 Å². The molecule has 0 bridgehead atoms. The van der Waals surface area contributed by atoms with E-state index in [0.717, 1.165) is 40.0 Å². The van der Waals surface area contributed by atoms with Crippen LogP contribution in [-0.2, 0) is 17.6 Å². The smallest absolute Gasteiger partial charge is 0.224 e. The number of aryl methyl sites for hydroxylation is 1. The quantitative estimate of drug-likeness (QED) is 0.704. The van der Waals surface area contributed by atoms with Gasteiger partial charge in [0, 0.05) is 23.6 Å². The number of furan rings is 1. The minimum absolute atomic E-state index is 0.0323. The Hall–Kier alpha value is -2.95. The molecule has 0 atom stereocenters. The van der Waals surface area contributed by atoms with Crippen molar-refractivity contribution in [3.05, 3.63) is 59.4 Å². The van der Waals surface area contributed by atoms with Crippen LogP contribution >= 0.6 is 0 Å². The van der Waals surface area contributed by atoms with E-state index in [-0.39, 0.29) is 12.3 Å². The molecule has 1 amide bonds. The Kier molecular flexibility index (Phi) is 5.46. The lowest BCUT2D eigenvalue weighted by atomic mass is 10.1. The molecule has 5 heteroatoms. The van der Waals surface area contributed by atoms with Gasteiger partial charge in [-0.3, -0.25) is 4.79 Å². The van der Waals surface area contributed by atoms with Crippen molar-refractivity contribution in [2.75, 3.05) is 20.8 Å². The molecule has 1 heterocycles. The molecule has 1 aromatic heterocycles. The van der Waals surface area contributed by atoms with Gasteiger partial charge < -0.3 is 19.2 Å². The topological polar surface area (TPSA) is 60.7 Å². The second-order valence-corrected chi connectivity index (χ2v) is 6.22. The summed E-state index contributed by atoms with van der Waals surface area (Å²) in [6.45, 7) is 2.60. The first kappa shape index (κ1) is 17.9. The zero-order chi connectivity index (χ0) is 18.5. The second kappa shape index (κ2) is 7.95. The Labute approximate surface area is 152 Å². The van der Waals surface area contributed by atoms with Crippen LogP contribution in [-0.4, -0.2) is 26.7 Å². The molecule has 3 rings (SSSR count). The number of hydrogen-bond donors (Lipinski definition) is 1. The Bertz CT molecular complexity index is 914. The Morgan fingerprint density at radius 2 is 1.92 bits per heavy atom. The van der Waals surface area contributed by atoms with Gasteiger partial charge in [-0.15, -0.1) is 0 Å². The van der Waals surface area contributed by atoms with Gasteiger partial charge in [0.15, 0.2) is 0 Å². The summed E-state index contributed by atoms with van der Waals surface area (Å²) >= 11 is 0. The van der Waals surface area contributed by atoms with Gasteiger partial charge in [0.2, 0.25) is 5.91 Å². The number of methoxy groups -OCH3 is 2. The maximum atomic E-state index is 12.3. The van der Waals surface area contributed by atoms with Crippen molar-refractivity contribution in [2.45, 2.75) is 19.8 Å². The number of carbonyl (C=O) groups is 1.